The van der Waals surface area contributed by atoms with Gasteiger partial charge in [0.2, 0.25) is 5.91 Å². The Morgan fingerprint density at radius 2 is 1.94 bits per heavy atom. The molecule has 0 spiro atoms. The van der Waals surface area contributed by atoms with Gasteiger partial charge in [-0.15, -0.1) is 0 Å². The standard InChI is InChI=1S/C14H26N2O/c1-11(12-6-3-2-4-7-12)16-14(17)13-8-5-9-15-10-13/h11-13,15H,2-10H2,1H3,(H,16,17)/t11-,13-/m0/s1. The van der Waals surface area contributed by atoms with Crippen molar-refractivity contribution in [2.75, 3.05) is 13.1 Å². The summed E-state index contributed by atoms with van der Waals surface area (Å²) in [4.78, 5) is 12.1. The molecule has 2 rings (SSSR count). The van der Waals surface area contributed by atoms with Gasteiger partial charge in [0, 0.05) is 12.6 Å². The average Bonchev–Trinajstić information content (AvgIpc) is 2.40. The van der Waals surface area contributed by atoms with Crippen LogP contribution < -0.4 is 10.6 Å². The second-order valence-corrected chi connectivity index (χ2v) is 5.74. The fourth-order valence-electron chi connectivity index (χ4n) is 3.17. The van der Waals surface area contributed by atoms with Crippen LogP contribution in [0.2, 0.25) is 0 Å². The van der Waals surface area contributed by atoms with Crippen LogP contribution in [-0.2, 0) is 4.79 Å². The van der Waals surface area contributed by atoms with Crippen LogP contribution >= 0.6 is 0 Å². The molecule has 1 aliphatic carbocycles. The van der Waals surface area contributed by atoms with E-state index in [4.69, 9.17) is 0 Å². The zero-order valence-corrected chi connectivity index (χ0v) is 11.0. The fraction of sp³-hybridized carbons (Fsp3) is 0.929. The van der Waals surface area contributed by atoms with Gasteiger partial charge in [-0.05, 0) is 45.1 Å². The largest absolute Gasteiger partial charge is 0.353 e. The fourth-order valence-corrected chi connectivity index (χ4v) is 3.17. The van der Waals surface area contributed by atoms with E-state index in [1.807, 2.05) is 0 Å². The van der Waals surface area contributed by atoms with Crippen molar-refractivity contribution < 1.29 is 4.79 Å². The van der Waals surface area contributed by atoms with Crippen molar-refractivity contribution in [1.29, 1.82) is 0 Å². The molecule has 1 heterocycles. The lowest BCUT2D eigenvalue weighted by Crippen LogP contribution is -2.46. The highest BCUT2D eigenvalue weighted by Gasteiger charge is 2.25. The lowest BCUT2D eigenvalue weighted by Gasteiger charge is -2.30. The first kappa shape index (κ1) is 12.9. The van der Waals surface area contributed by atoms with Gasteiger partial charge in [0.05, 0.1) is 5.92 Å². The van der Waals surface area contributed by atoms with E-state index in [1.54, 1.807) is 0 Å². The smallest absolute Gasteiger partial charge is 0.224 e. The van der Waals surface area contributed by atoms with E-state index >= 15 is 0 Å². The normalized spacial score (nSPS) is 28.6. The molecule has 2 N–H and O–H groups in total. The molecule has 1 saturated heterocycles. The number of hydrogen-bond donors (Lipinski definition) is 2. The molecule has 98 valence electrons. The van der Waals surface area contributed by atoms with Gasteiger partial charge in [-0.25, -0.2) is 0 Å². The van der Waals surface area contributed by atoms with Crippen LogP contribution in [0.4, 0.5) is 0 Å². The number of carbonyl (C=O) groups excluding carboxylic acids is 1. The third-order valence-electron chi connectivity index (χ3n) is 4.39. The lowest BCUT2D eigenvalue weighted by atomic mass is 9.84. The Morgan fingerprint density at radius 3 is 2.59 bits per heavy atom. The first-order valence-corrected chi connectivity index (χ1v) is 7.28. The highest BCUT2D eigenvalue weighted by atomic mass is 16.2. The third-order valence-corrected chi connectivity index (χ3v) is 4.39. The molecule has 1 aliphatic heterocycles. The molecular formula is C14H26N2O. The zero-order chi connectivity index (χ0) is 12.1. The van der Waals surface area contributed by atoms with Gasteiger partial charge < -0.3 is 10.6 Å². The minimum Gasteiger partial charge on any atom is -0.353 e. The van der Waals surface area contributed by atoms with Gasteiger partial charge in [-0.2, -0.15) is 0 Å². The zero-order valence-electron chi connectivity index (χ0n) is 11.0. The Bertz CT molecular complexity index is 243. The Kier molecular flexibility index (Phi) is 4.84. The predicted molar refractivity (Wildman–Crippen MR) is 69.8 cm³/mol. The van der Waals surface area contributed by atoms with Crippen LogP contribution in [-0.4, -0.2) is 25.0 Å². The summed E-state index contributed by atoms with van der Waals surface area (Å²) < 4.78 is 0. The van der Waals surface area contributed by atoms with Gasteiger partial charge >= 0.3 is 0 Å². The average molecular weight is 238 g/mol. The number of nitrogens with one attached hydrogen (secondary N) is 2. The van der Waals surface area contributed by atoms with Crippen molar-refractivity contribution in [3.8, 4) is 0 Å². The molecule has 2 fully saturated rings. The van der Waals surface area contributed by atoms with Crippen molar-refractivity contribution >= 4 is 5.91 Å². The quantitative estimate of drug-likeness (QED) is 0.790. The van der Waals surface area contributed by atoms with E-state index in [9.17, 15) is 4.79 Å². The van der Waals surface area contributed by atoms with E-state index in [1.165, 1.54) is 32.1 Å². The van der Waals surface area contributed by atoms with Gasteiger partial charge in [-0.1, -0.05) is 19.3 Å². The Morgan fingerprint density at radius 1 is 1.18 bits per heavy atom. The van der Waals surface area contributed by atoms with Crippen LogP contribution in [0.1, 0.15) is 51.9 Å². The van der Waals surface area contributed by atoms with E-state index < -0.39 is 0 Å². The molecule has 3 heteroatoms. The molecule has 0 aromatic heterocycles. The van der Waals surface area contributed by atoms with Crippen LogP contribution in [0.15, 0.2) is 0 Å². The number of amides is 1. The van der Waals surface area contributed by atoms with Gasteiger partial charge in [-0.3, -0.25) is 4.79 Å². The maximum atomic E-state index is 12.1. The van der Waals surface area contributed by atoms with Crippen molar-refractivity contribution in [3.05, 3.63) is 0 Å². The van der Waals surface area contributed by atoms with Gasteiger partial charge in [0.1, 0.15) is 0 Å². The monoisotopic (exact) mass is 238 g/mol. The summed E-state index contributed by atoms with van der Waals surface area (Å²) in [5.74, 6) is 1.19. The lowest BCUT2D eigenvalue weighted by molar-refractivity contribution is -0.126. The number of hydrogen-bond acceptors (Lipinski definition) is 2. The summed E-state index contributed by atoms with van der Waals surface area (Å²) in [6, 6.07) is 0.365. The van der Waals surface area contributed by atoms with Crippen molar-refractivity contribution in [2.45, 2.75) is 57.9 Å². The maximum Gasteiger partial charge on any atom is 0.224 e. The Balaban J connectivity index is 1.76. The van der Waals surface area contributed by atoms with Gasteiger partial charge in [0.25, 0.3) is 0 Å². The summed E-state index contributed by atoms with van der Waals surface area (Å²) in [5, 5.41) is 6.55. The summed E-state index contributed by atoms with van der Waals surface area (Å²) in [6.45, 7) is 4.12. The number of rotatable bonds is 3. The molecular weight excluding hydrogens is 212 g/mol. The SMILES string of the molecule is C[C@H](NC(=O)[C@H]1CCCNC1)C1CCCCC1. The molecule has 1 saturated carbocycles. The first-order valence-electron chi connectivity index (χ1n) is 7.28. The molecule has 3 nitrogen and oxygen atoms in total. The van der Waals surface area contributed by atoms with E-state index in [0.717, 1.165) is 25.9 Å². The van der Waals surface area contributed by atoms with Crippen LogP contribution in [0, 0.1) is 11.8 Å². The summed E-state index contributed by atoms with van der Waals surface area (Å²) >= 11 is 0. The third kappa shape index (κ3) is 3.70. The molecule has 2 atom stereocenters. The van der Waals surface area contributed by atoms with E-state index in [0.29, 0.717) is 12.0 Å². The second-order valence-electron chi connectivity index (χ2n) is 5.74. The Hall–Kier alpha value is -0.570. The van der Waals surface area contributed by atoms with Crippen molar-refractivity contribution in [1.82, 2.24) is 10.6 Å². The van der Waals surface area contributed by atoms with Crippen molar-refractivity contribution in [3.63, 3.8) is 0 Å². The summed E-state index contributed by atoms with van der Waals surface area (Å²) in [7, 11) is 0. The molecule has 0 aromatic rings. The Labute approximate surface area is 105 Å². The number of piperidine rings is 1. The van der Waals surface area contributed by atoms with Crippen LogP contribution in [0.25, 0.3) is 0 Å². The maximum absolute atomic E-state index is 12.1. The molecule has 0 unspecified atom stereocenters. The molecule has 17 heavy (non-hydrogen) atoms. The molecule has 0 radical (unpaired) electrons. The molecule has 0 bridgehead atoms. The van der Waals surface area contributed by atoms with Crippen molar-refractivity contribution in [2.24, 2.45) is 11.8 Å². The predicted octanol–water partition coefficient (Wildman–Crippen LogP) is 2.07. The van der Waals surface area contributed by atoms with E-state index in [2.05, 4.69) is 17.6 Å². The van der Waals surface area contributed by atoms with Crippen LogP contribution in [0.5, 0.6) is 0 Å². The minimum absolute atomic E-state index is 0.204. The summed E-state index contributed by atoms with van der Waals surface area (Å²) in [5.41, 5.74) is 0. The highest BCUT2D eigenvalue weighted by Crippen LogP contribution is 2.26. The van der Waals surface area contributed by atoms with Crippen LogP contribution in [0.3, 0.4) is 0 Å². The van der Waals surface area contributed by atoms with E-state index in [-0.39, 0.29) is 11.8 Å². The first-order chi connectivity index (χ1) is 8.27. The molecule has 2 aliphatic rings. The molecule has 0 aromatic carbocycles. The topological polar surface area (TPSA) is 41.1 Å². The highest BCUT2D eigenvalue weighted by molar-refractivity contribution is 5.79. The summed E-state index contributed by atoms with van der Waals surface area (Å²) in [6.07, 6.45) is 8.84. The second kappa shape index (κ2) is 6.39. The van der Waals surface area contributed by atoms with Gasteiger partial charge in [0.15, 0.2) is 0 Å². The molecule has 1 amide bonds. The minimum atomic E-state index is 0.204. The number of carbonyl (C=O) groups is 1.